The van der Waals surface area contributed by atoms with Gasteiger partial charge >= 0.3 is 0 Å². The van der Waals surface area contributed by atoms with Gasteiger partial charge in [0.2, 0.25) is 0 Å². The highest BCUT2D eigenvalue weighted by atomic mass is 16.5. The van der Waals surface area contributed by atoms with Crippen molar-refractivity contribution in [3.8, 4) is 45.1 Å². The molecule has 0 aliphatic heterocycles. The number of ether oxygens (including phenoxy) is 4. The van der Waals surface area contributed by atoms with Crippen LogP contribution < -0.4 is 20.9 Å². The smallest absolute Gasteiger partial charge is 0.161 e. The zero-order valence-corrected chi connectivity index (χ0v) is 20.6. The van der Waals surface area contributed by atoms with Crippen LogP contribution in [0.4, 0.5) is 11.4 Å². The van der Waals surface area contributed by atoms with Crippen molar-refractivity contribution in [2.75, 3.05) is 52.1 Å². The Balaban J connectivity index is 1.80. The second-order valence-electron chi connectivity index (χ2n) is 8.22. The van der Waals surface area contributed by atoms with Gasteiger partial charge in [-0.3, -0.25) is 0 Å². The second-order valence-corrected chi connectivity index (χ2v) is 8.22. The van der Waals surface area contributed by atoms with Gasteiger partial charge in [-0.05, 0) is 59.7 Å². The number of aromatic nitrogens is 1. The third kappa shape index (κ3) is 6.33. The number of nitrogens with zero attached hydrogens (tertiary/aromatic N) is 1. The predicted molar refractivity (Wildman–Crippen MR) is 144 cm³/mol. The highest BCUT2D eigenvalue weighted by molar-refractivity contribution is 5.79. The van der Waals surface area contributed by atoms with E-state index in [2.05, 4.69) is 0 Å². The quantitative estimate of drug-likeness (QED) is 0.220. The van der Waals surface area contributed by atoms with Crippen LogP contribution in [0.2, 0.25) is 0 Å². The van der Waals surface area contributed by atoms with Crippen LogP contribution in [0.15, 0.2) is 78.9 Å². The van der Waals surface area contributed by atoms with Gasteiger partial charge in [-0.2, -0.15) is 0 Å². The number of anilines is 2. The molecule has 1 aromatic heterocycles. The Morgan fingerprint density at radius 3 is 1.64 bits per heavy atom. The van der Waals surface area contributed by atoms with Crippen molar-refractivity contribution >= 4 is 11.4 Å². The monoisotopic (exact) mass is 485 g/mol. The number of pyridine rings is 1. The topological polar surface area (TPSA) is 102 Å². The normalized spacial score (nSPS) is 10.8. The first-order chi connectivity index (χ1) is 17.6. The average Bonchev–Trinajstić information content (AvgIpc) is 2.89. The number of hydrogen-bond acceptors (Lipinski definition) is 7. The Kier molecular flexibility index (Phi) is 8.39. The van der Waals surface area contributed by atoms with Crippen molar-refractivity contribution in [1.29, 1.82) is 0 Å². The maximum atomic E-state index is 6.06. The summed E-state index contributed by atoms with van der Waals surface area (Å²) in [7, 11) is 3.28. The van der Waals surface area contributed by atoms with Crippen LogP contribution in [0.3, 0.4) is 0 Å². The van der Waals surface area contributed by atoms with Crippen LogP contribution in [0, 0.1) is 0 Å². The molecule has 0 saturated heterocycles. The zero-order chi connectivity index (χ0) is 25.3. The molecule has 3 aromatic carbocycles. The summed E-state index contributed by atoms with van der Waals surface area (Å²) in [5, 5.41) is 0. The van der Waals surface area contributed by atoms with E-state index >= 15 is 0 Å². The lowest BCUT2D eigenvalue weighted by molar-refractivity contribution is 0.132. The van der Waals surface area contributed by atoms with Gasteiger partial charge in [-0.25, -0.2) is 4.98 Å². The molecule has 7 nitrogen and oxygen atoms in total. The van der Waals surface area contributed by atoms with Crippen molar-refractivity contribution in [3.05, 3.63) is 78.9 Å². The van der Waals surface area contributed by atoms with Gasteiger partial charge in [-0.1, -0.05) is 30.3 Å². The summed E-state index contributed by atoms with van der Waals surface area (Å²) < 4.78 is 22.1. The molecule has 0 atom stereocenters. The SMILES string of the molecule is COCCOc1ccc(-c2cc(-c3cccc(N)c3)nc(-c3cccc(N)c3)c2)cc1OCCOC. The number of rotatable bonds is 11. The van der Waals surface area contributed by atoms with E-state index in [0.717, 1.165) is 33.6 Å². The summed E-state index contributed by atoms with van der Waals surface area (Å²) in [6.07, 6.45) is 0. The van der Waals surface area contributed by atoms with E-state index in [-0.39, 0.29) is 0 Å². The van der Waals surface area contributed by atoms with E-state index in [4.69, 9.17) is 35.4 Å². The summed E-state index contributed by atoms with van der Waals surface area (Å²) in [5.41, 5.74) is 18.9. The van der Waals surface area contributed by atoms with Crippen LogP contribution in [0.25, 0.3) is 33.6 Å². The van der Waals surface area contributed by atoms with Crippen molar-refractivity contribution in [3.63, 3.8) is 0 Å². The molecular weight excluding hydrogens is 454 g/mol. The molecule has 186 valence electrons. The third-order valence-electron chi connectivity index (χ3n) is 5.56. The first kappa shape index (κ1) is 25.0. The molecule has 4 aromatic rings. The van der Waals surface area contributed by atoms with E-state index in [1.807, 2.05) is 78.9 Å². The van der Waals surface area contributed by atoms with Crippen molar-refractivity contribution in [1.82, 2.24) is 4.98 Å². The summed E-state index contributed by atoms with van der Waals surface area (Å²) >= 11 is 0. The van der Waals surface area contributed by atoms with Crippen LogP contribution in [-0.2, 0) is 9.47 Å². The molecule has 0 amide bonds. The molecule has 0 bridgehead atoms. The molecule has 0 fully saturated rings. The summed E-state index contributed by atoms with van der Waals surface area (Å²) in [4.78, 5) is 4.93. The van der Waals surface area contributed by atoms with Crippen LogP contribution >= 0.6 is 0 Å². The van der Waals surface area contributed by atoms with Gasteiger partial charge in [0.25, 0.3) is 0 Å². The van der Waals surface area contributed by atoms with Crippen molar-refractivity contribution < 1.29 is 18.9 Å². The molecule has 0 spiro atoms. The predicted octanol–water partition coefficient (Wildman–Crippen LogP) is 5.30. The van der Waals surface area contributed by atoms with Crippen LogP contribution in [-0.4, -0.2) is 45.6 Å². The van der Waals surface area contributed by atoms with Crippen LogP contribution in [0.5, 0.6) is 11.5 Å². The number of methoxy groups -OCH3 is 2. The molecule has 1 heterocycles. The van der Waals surface area contributed by atoms with E-state index in [9.17, 15) is 0 Å². The molecule has 7 heteroatoms. The average molecular weight is 486 g/mol. The molecule has 0 aliphatic rings. The Morgan fingerprint density at radius 2 is 1.11 bits per heavy atom. The molecule has 0 radical (unpaired) electrons. The van der Waals surface area contributed by atoms with E-state index in [0.29, 0.717) is 49.3 Å². The Bertz CT molecular complexity index is 1250. The maximum absolute atomic E-state index is 6.06. The molecule has 36 heavy (non-hydrogen) atoms. The van der Waals surface area contributed by atoms with Crippen LogP contribution in [0.1, 0.15) is 0 Å². The number of nitrogen functional groups attached to an aromatic ring is 2. The summed E-state index contributed by atoms with van der Waals surface area (Å²) in [6, 6.07) is 25.4. The fraction of sp³-hybridized carbons (Fsp3) is 0.207. The lowest BCUT2D eigenvalue weighted by atomic mass is 9.99. The molecular formula is C29H31N3O4. The van der Waals surface area contributed by atoms with Gasteiger partial charge < -0.3 is 30.4 Å². The summed E-state index contributed by atoms with van der Waals surface area (Å²) in [6.45, 7) is 1.78. The molecule has 0 saturated carbocycles. The van der Waals surface area contributed by atoms with Crippen molar-refractivity contribution in [2.24, 2.45) is 0 Å². The van der Waals surface area contributed by atoms with Gasteiger partial charge in [0.15, 0.2) is 11.5 Å². The van der Waals surface area contributed by atoms with Gasteiger partial charge in [0.05, 0.1) is 24.6 Å². The standard InChI is InChI=1S/C29H31N3O4/c1-33-11-13-35-28-10-9-20(19-29(28)36-14-12-34-2)23-17-26(21-5-3-7-24(30)15-21)32-27(18-23)22-6-4-8-25(31)16-22/h3-10,15-19H,11-14,30-31H2,1-2H3. The lowest BCUT2D eigenvalue weighted by Gasteiger charge is -2.15. The number of nitrogens with two attached hydrogens (primary N) is 2. The molecule has 4 rings (SSSR count). The van der Waals surface area contributed by atoms with Gasteiger partial charge in [-0.15, -0.1) is 0 Å². The van der Waals surface area contributed by atoms with E-state index in [1.165, 1.54) is 0 Å². The molecule has 0 unspecified atom stereocenters. The van der Waals surface area contributed by atoms with E-state index < -0.39 is 0 Å². The fourth-order valence-electron chi connectivity index (χ4n) is 3.78. The largest absolute Gasteiger partial charge is 0.487 e. The minimum atomic E-state index is 0.403. The third-order valence-corrected chi connectivity index (χ3v) is 5.56. The van der Waals surface area contributed by atoms with Crippen molar-refractivity contribution in [2.45, 2.75) is 0 Å². The number of hydrogen-bond donors (Lipinski definition) is 2. The highest BCUT2D eigenvalue weighted by Crippen LogP contribution is 2.36. The highest BCUT2D eigenvalue weighted by Gasteiger charge is 2.13. The first-order valence-corrected chi connectivity index (χ1v) is 11.7. The molecule has 0 aliphatic carbocycles. The van der Waals surface area contributed by atoms with Gasteiger partial charge in [0.1, 0.15) is 13.2 Å². The summed E-state index contributed by atoms with van der Waals surface area (Å²) in [5.74, 6) is 1.28. The minimum absolute atomic E-state index is 0.403. The lowest BCUT2D eigenvalue weighted by Crippen LogP contribution is -2.08. The Morgan fingerprint density at radius 1 is 0.556 bits per heavy atom. The Labute approximate surface area is 211 Å². The second kappa shape index (κ2) is 12.1. The zero-order valence-electron chi connectivity index (χ0n) is 20.6. The minimum Gasteiger partial charge on any atom is -0.487 e. The molecule has 4 N–H and O–H groups in total. The fourth-order valence-corrected chi connectivity index (χ4v) is 3.78. The number of benzene rings is 3. The Hall–Kier alpha value is -4.07. The first-order valence-electron chi connectivity index (χ1n) is 11.7. The maximum Gasteiger partial charge on any atom is 0.161 e. The van der Waals surface area contributed by atoms with E-state index in [1.54, 1.807) is 14.2 Å². The van der Waals surface area contributed by atoms with Gasteiger partial charge in [0, 0.05) is 36.7 Å².